The van der Waals surface area contributed by atoms with E-state index < -0.39 is 5.95 Å². The molecular formula is C18H11FN2O. The molecule has 3 aromatic heterocycles. The fraction of sp³-hybridized carbons (Fsp3) is 0. The molecule has 3 heterocycles. The fourth-order valence-electron chi connectivity index (χ4n) is 2.58. The summed E-state index contributed by atoms with van der Waals surface area (Å²) in [6, 6.07) is 13.0. The van der Waals surface area contributed by atoms with Crippen LogP contribution in [0.1, 0.15) is 0 Å². The lowest BCUT2D eigenvalue weighted by Crippen LogP contribution is -1.86. The first-order valence-corrected chi connectivity index (χ1v) is 6.85. The van der Waals surface area contributed by atoms with Gasteiger partial charge in [-0.3, -0.25) is 4.98 Å². The number of fused-ring (bicyclic) bond motifs is 1. The number of nitrogens with zero attached hydrogens (tertiary/aromatic N) is 2. The Bertz CT molecular complexity index is 948. The second-order valence-corrected chi connectivity index (χ2v) is 4.97. The van der Waals surface area contributed by atoms with Crippen LogP contribution in [0.3, 0.4) is 0 Å². The molecule has 0 unspecified atom stereocenters. The molecule has 0 spiro atoms. The molecule has 4 rings (SSSR count). The molecule has 0 fully saturated rings. The summed E-state index contributed by atoms with van der Waals surface area (Å²) in [7, 11) is 0. The van der Waals surface area contributed by atoms with Gasteiger partial charge >= 0.3 is 0 Å². The first-order valence-electron chi connectivity index (χ1n) is 6.85. The Morgan fingerprint density at radius 2 is 1.64 bits per heavy atom. The monoisotopic (exact) mass is 290 g/mol. The predicted octanol–water partition coefficient (Wildman–Crippen LogP) is 4.70. The summed E-state index contributed by atoms with van der Waals surface area (Å²) in [6.45, 7) is 0. The van der Waals surface area contributed by atoms with E-state index in [1.807, 2.05) is 24.3 Å². The van der Waals surface area contributed by atoms with Crippen LogP contribution in [0.4, 0.5) is 4.39 Å². The molecule has 0 amide bonds. The number of furan rings is 1. The molecule has 0 aliphatic heterocycles. The van der Waals surface area contributed by atoms with Gasteiger partial charge in [0.1, 0.15) is 5.58 Å². The summed E-state index contributed by atoms with van der Waals surface area (Å²) in [6.07, 6.45) is 6.60. The molecule has 4 heteroatoms. The molecular weight excluding hydrogens is 279 g/mol. The Kier molecular flexibility index (Phi) is 2.93. The zero-order valence-corrected chi connectivity index (χ0v) is 11.5. The summed E-state index contributed by atoms with van der Waals surface area (Å²) in [5.74, 6) is -0.508. The third-order valence-electron chi connectivity index (χ3n) is 3.60. The van der Waals surface area contributed by atoms with Crippen LogP contribution in [0.2, 0.25) is 0 Å². The maximum atomic E-state index is 13.5. The van der Waals surface area contributed by atoms with Crippen LogP contribution >= 0.6 is 0 Å². The minimum atomic E-state index is -0.508. The SMILES string of the molecule is Fc1cc(-c2cc(-c3ccncc3)cc3ccoc23)ccn1. The summed E-state index contributed by atoms with van der Waals surface area (Å²) in [5, 5.41) is 0.974. The lowest BCUT2D eigenvalue weighted by molar-refractivity contribution is 0.584. The van der Waals surface area contributed by atoms with Crippen LogP contribution in [0.15, 0.2) is 71.7 Å². The van der Waals surface area contributed by atoms with Crippen molar-refractivity contribution >= 4 is 11.0 Å². The van der Waals surface area contributed by atoms with Crippen molar-refractivity contribution in [2.75, 3.05) is 0 Å². The van der Waals surface area contributed by atoms with E-state index in [1.165, 1.54) is 12.3 Å². The maximum Gasteiger partial charge on any atom is 0.213 e. The lowest BCUT2D eigenvalue weighted by atomic mass is 9.98. The largest absolute Gasteiger partial charge is 0.464 e. The van der Waals surface area contributed by atoms with Gasteiger partial charge in [-0.25, -0.2) is 4.98 Å². The summed E-state index contributed by atoms with van der Waals surface area (Å²) >= 11 is 0. The number of rotatable bonds is 2. The molecule has 22 heavy (non-hydrogen) atoms. The van der Waals surface area contributed by atoms with Gasteiger partial charge in [0.15, 0.2) is 0 Å². The normalized spacial score (nSPS) is 11.0. The third-order valence-corrected chi connectivity index (χ3v) is 3.60. The van der Waals surface area contributed by atoms with E-state index in [0.717, 1.165) is 33.2 Å². The van der Waals surface area contributed by atoms with Crippen molar-refractivity contribution in [3.8, 4) is 22.3 Å². The number of aromatic nitrogens is 2. The average Bonchev–Trinajstić information content (AvgIpc) is 3.03. The molecule has 0 N–H and O–H groups in total. The minimum Gasteiger partial charge on any atom is -0.464 e. The zero-order chi connectivity index (χ0) is 14.9. The van der Waals surface area contributed by atoms with Crippen LogP contribution < -0.4 is 0 Å². The molecule has 0 radical (unpaired) electrons. The molecule has 0 bridgehead atoms. The van der Waals surface area contributed by atoms with Gasteiger partial charge in [0.2, 0.25) is 5.95 Å². The molecule has 106 valence electrons. The molecule has 3 nitrogen and oxygen atoms in total. The number of pyridine rings is 2. The lowest BCUT2D eigenvalue weighted by Gasteiger charge is -2.07. The molecule has 1 aromatic carbocycles. The predicted molar refractivity (Wildman–Crippen MR) is 82.6 cm³/mol. The third kappa shape index (κ3) is 2.15. The van der Waals surface area contributed by atoms with Crippen molar-refractivity contribution in [3.63, 3.8) is 0 Å². The number of hydrogen-bond acceptors (Lipinski definition) is 3. The summed E-state index contributed by atoms with van der Waals surface area (Å²) in [4.78, 5) is 7.65. The van der Waals surface area contributed by atoms with E-state index in [-0.39, 0.29) is 0 Å². The van der Waals surface area contributed by atoms with Crippen LogP contribution in [0, 0.1) is 5.95 Å². The molecule has 0 saturated heterocycles. The molecule has 0 saturated carbocycles. The number of benzene rings is 1. The van der Waals surface area contributed by atoms with Crippen LogP contribution in [-0.2, 0) is 0 Å². The van der Waals surface area contributed by atoms with Crippen LogP contribution in [0.25, 0.3) is 33.2 Å². The number of halogens is 1. The van der Waals surface area contributed by atoms with Crippen molar-refractivity contribution < 1.29 is 8.81 Å². The van der Waals surface area contributed by atoms with Gasteiger partial charge < -0.3 is 4.42 Å². The fourth-order valence-corrected chi connectivity index (χ4v) is 2.58. The Hall–Kier alpha value is -3.01. The first-order chi connectivity index (χ1) is 10.8. The van der Waals surface area contributed by atoms with Gasteiger partial charge in [-0.05, 0) is 53.1 Å². The Balaban J connectivity index is 1.99. The Morgan fingerprint density at radius 1 is 0.818 bits per heavy atom. The van der Waals surface area contributed by atoms with Gasteiger partial charge in [0.25, 0.3) is 0 Å². The van der Waals surface area contributed by atoms with Crippen molar-refractivity contribution in [2.45, 2.75) is 0 Å². The maximum absolute atomic E-state index is 13.5. The van der Waals surface area contributed by atoms with Gasteiger partial charge in [-0.1, -0.05) is 0 Å². The van der Waals surface area contributed by atoms with E-state index in [4.69, 9.17) is 4.42 Å². The van der Waals surface area contributed by atoms with Crippen LogP contribution in [0.5, 0.6) is 0 Å². The Morgan fingerprint density at radius 3 is 2.45 bits per heavy atom. The highest BCUT2D eigenvalue weighted by atomic mass is 19.1. The van der Waals surface area contributed by atoms with E-state index in [2.05, 4.69) is 16.0 Å². The van der Waals surface area contributed by atoms with E-state index in [0.29, 0.717) is 0 Å². The number of hydrogen-bond donors (Lipinski definition) is 0. The van der Waals surface area contributed by atoms with Crippen molar-refractivity contribution in [2.24, 2.45) is 0 Å². The van der Waals surface area contributed by atoms with E-state index in [1.54, 1.807) is 24.7 Å². The second kappa shape index (κ2) is 5.07. The smallest absolute Gasteiger partial charge is 0.213 e. The van der Waals surface area contributed by atoms with Gasteiger partial charge in [-0.15, -0.1) is 0 Å². The van der Waals surface area contributed by atoms with Crippen molar-refractivity contribution in [1.82, 2.24) is 9.97 Å². The highest BCUT2D eigenvalue weighted by Crippen LogP contribution is 2.34. The van der Waals surface area contributed by atoms with Crippen LogP contribution in [-0.4, -0.2) is 9.97 Å². The zero-order valence-electron chi connectivity index (χ0n) is 11.5. The molecule has 0 aliphatic carbocycles. The molecule has 0 aliphatic rings. The topological polar surface area (TPSA) is 38.9 Å². The quantitative estimate of drug-likeness (QED) is 0.502. The van der Waals surface area contributed by atoms with E-state index >= 15 is 0 Å². The Labute approximate surface area is 126 Å². The minimum absolute atomic E-state index is 0.508. The standard InChI is InChI=1S/C18H11FN2O/c19-17-11-13(3-7-21-17)16-10-15(12-1-5-20-6-2-12)9-14-4-8-22-18(14)16/h1-11H. The summed E-state index contributed by atoms with van der Waals surface area (Å²) < 4.78 is 19.0. The molecule has 4 aromatic rings. The van der Waals surface area contributed by atoms with E-state index in [9.17, 15) is 4.39 Å². The van der Waals surface area contributed by atoms with Gasteiger partial charge in [-0.2, -0.15) is 4.39 Å². The van der Waals surface area contributed by atoms with Crippen molar-refractivity contribution in [3.05, 3.63) is 73.3 Å². The van der Waals surface area contributed by atoms with Gasteiger partial charge in [0, 0.05) is 35.6 Å². The van der Waals surface area contributed by atoms with Gasteiger partial charge in [0.05, 0.1) is 6.26 Å². The second-order valence-electron chi connectivity index (χ2n) is 4.97. The average molecular weight is 290 g/mol. The van der Waals surface area contributed by atoms with Crippen molar-refractivity contribution in [1.29, 1.82) is 0 Å². The highest BCUT2D eigenvalue weighted by Gasteiger charge is 2.11. The molecule has 0 atom stereocenters. The summed E-state index contributed by atoms with van der Waals surface area (Å²) in [5.41, 5.74) is 4.40. The first kappa shape index (κ1) is 12.7. The highest BCUT2D eigenvalue weighted by molar-refractivity contribution is 5.96.